The van der Waals surface area contributed by atoms with E-state index < -0.39 is 11.7 Å². The minimum Gasteiger partial charge on any atom is -0.307 e. The highest BCUT2D eigenvalue weighted by Crippen LogP contribution is 2.33. The van der Waals surface area contributed by atoms with E-state index in [1.54, 1.807) is 6.07 Å². The van der Waals surface area contributed by atoms with Crippen molar-refractivity contribution in [1.82, 2.24) is 5.32 Å². The molecule has 0 aliphatic heterocycles. The molecule has 0 spiro atoms. The van der Waals surface area contributed by atoms with Gasteiger partial charge < -0.3 is 5.32 Å². The minimum absolute atomic E-state index is 0.0692. The molecule has 0 heterocycles. The summed E-state index contributed by atoms with van der Waals surface area (Å²) in [6, 6.07) is 5.95. The summed E-state index contributed by atoms with van der Waals surface area (Å²) in [5, 5.41) is 3.55. The van der Waals surface area contributed by atoms with Crippen molar-refractivity contribution in [3.05, 3.63) is 35.4 Å². The predicted octanol–water partition coefficient (Wildman–Crippen LogP) is 5.18. The van der Waals surface area contributed by atoms with Crippen LogP contribution >= 0.6 is 0 Å². The lowest BCUT2D eigenvalue weighted by Crippen LogP contribution is -2.43. The molecule has 2 rings (SSSR count). The molecule has 1 aliphatic rings. The average Bonchev–Trinajstić information content (AvgIpc) is 2.42. The van der Waals surface area contributed by atoms with Crippen molar-refractivity contribution in [1.29, 1.82) is 0 Å². The van der Waals surface area contributed by atoms with Crippen molar-refractivity contribution in [2.24, 2.45) is 11.8 Å². The van der Waals surface area contributed by atoms with Gasteiger partial charge in [-0.05, 0) is 49.3 Å². The molecule has 4 heteroatoms. The van der Waals surface area contributed by atoms with E-state index in [1.807, 2.05) is 6.92 Å². The first-order valence-electron chi connectivity index (χ1n) is 7.72. The fraction of sp³-hybridized carbons (Fsp3) is 0.647. The SMILES string of the molecule is CC(NC1C(C)CCCC1C)c1cccc(C(F)(F)F)c1. The minimum atomic E-state index is -4.28. The zero-order valence-electron chi connectivity index (χ0n) is 12.9. The van der Waals surface area contributed by atoms with Crippen LogP contribution in [-0.2, 0) is 6.18 Å². The number of hydrogen-bond donors (Lipinski definition) is 1. The van der Waals surface area contributed by atoms with Crippen molar-refractivity contribution in [3.8, 4) is 0 Å². The zero-order chi connectivity index (χ0) is 15.6. The average molecular weight is 299 g/mol. The molecule has 0 saturated heterocycles. The number of alkyl halides is 3. The second-order valence-corrected chi connectivity index (χ2v) is 6.42. The number of nitrogens with one attached hydrogen (secondary N) is 1. The summed E-state index contributed by atoms with van der Waals surface area (Å²) in [6.45, 7) is 6.40. The van der Waals surface area contributed by atoms with Crippen LogP contribution in [0.25, 0.3) is 0 Å². The van der Waals surface area contributed by atoms with E-state index in [0.29, 0.717) is 23.4 Å². The van der Waals surface area contributed by atoms with E-state index in [-0.39, 0.29) is 6.04 Å². The van der Waals surface area contributed by atoms with Crippen LogP contribution in [0.1, 0.15) is 57.2 Å². The zero-order valence-corrected chi connectivity index (χ0v) is 12.9. The van der Waals surface area contributed by atoms with Crippen LogP contribution in [0.15, 0.2) is 24.3 Å². The summed E-state index contributed by atoms with van der Waals surface area (Å²) in [5.74, 6) is 1.14. The van der Waals surface area contributed by atoms with Gasteiger partial charge in [0.05, 0.1) is 5.56 Å². The van der Waals surface area contributed by atoms with Gasteiger partial charge in [-0.15, -0.1) is 0 Å². The summed E-state index contributed by atoms with van der Waals surface area (Å²) in [7, 11) is 0. The maximum Gasteiger partial charge on any atom is 0.416 e. The standard InChI is InChI=1S/C17H24F3N/c1-11-6-4-7-12(2)16(11)21-13(3)14-8-5-9-15(10-14)17(18,19)20/h5,8-13,16,21H,4,6-7H2,1-3H3. The summed E-state index contributed by atoms with van der Waals surface area (Å²) >= 11 is 0. The third-order valence-electron chi connectivity index (χ3n) is 4.70. The van der Waals surface area contributed by atoms with Crippen LogP contribution in [-0.4, -0.2) is 6.04 Å². The first kappa shape index (κ1) is 16.3. The smallest absolute Gasteiger partial charge is 0.307 e. The van der Waals surface area contributed by atoms with E-state index in [2.05, 4.69) is 19.2 Å². The summed E-state index contributed by atoms with van der Waals surface area (Å²) in [6.07, 6.45) is -0.645. The molecule has 1 fully saturated rings. The van der Waals surface area contributed by atoms with E-state index in [0.717, 1.165) is 6.07 Å². The quantitative estimate of drug-likeness (QED) is 0.811. The first-order chi connectivity index (χ1) is 9.79. The first-order valence-corrected chi connectivity index (χ1v) is 7.72. The van der Waals surface area contributed by atoms with Gasteiger partial charge in [0, 0.05) is 12.1 Å². The highest BCUT2D eigenvalue weighted by Gasteiger charge is 2.32. The Morgan fingerprint density at radius 2 is 1.76 bits per heavy atom. The van der Waals surface area contributed by atoms with Gasteiger partial charge in [-0.2, -0.15) is 13.2 Å². The van der Waals surface area contributed by atoms with Crippen molar-refractivity contribution in [2.75, 3.05) is 0 Å². The lowest BCUT2D eigenvalue weighted by molar-refractivity contribution is -0.137. The van der Waals surface area contributed by atoms with Crippen molar-refractivity contribution >= 4 is 0 Å². The van der Waals surface area contributed by atoms with Crippen LogP contribution in [0, 0.1) is 11.8 Å². The molecule has 0 aromatic heterocycles. The molecule has 3 atom stereocenters. The van der Waals surface area contributed by atoms with Gasteiger partial charge in [0.2, 0.25) is 0 Å². The van der Waals surface area contributed by atoms with E-state index >= 15 is 0 Å². The molecule has 1 N–H and O–H groups in total. The molecule has 1 nitrogen and oxygen atoms in total. The Bertz CT molecular complexity index is 459. The second kappa shape index (κ2) is 6.39. The van der Waals surface area contributed by atoms with Gasteiger partial charge in [0.25, 0.3) is 0 Å². The van der Waals surface area contributed by atoms with Crippen LogP contribution in [0.4, 0.5) is 13.2 Å². The Labute approximate surface area is 124 Å². The summed E-state index contributed by atoms with van der Waals surface area (Å²) in [5.41, 5.74) is 0.133. The third kappa shape index (κ3) is 4.00. The summed E-state index contributed by atoms with van der Waals surface area (Å²) in [4.78, 5) is 0. The van der Waals surface area contributed by atoms with E-state index in [1.165, 1.54) is 31.4 Å². The van der Waals surface area contributed by atoms with E-state index in [4.69, 9.17) is 0 Å². The Balaban J connectivity index is 2.11. The molecule has 21 heavy (non-hydrogen) atoms. The summed E-state index contributed by atoms with van der Waals surface area (Å²) < 4.78 is 38.4. The highest BCUT2D eigenvalue weighted by atomic mass is 19.4. The van der Waals surface area contributed by atoms with Crippen LogP contribution < -0.4 is 5.32 Å². The Morgan fingerprint density at radius 3 is 2.33 bits per heavy atom. The van der Waals surface area contributed by atoms with E-state index in [9.17, 15) is 13.2 Å². The maximum absolute atomic E-state index is 12.8. The van der Waals surface area contributed by atoms with Crippen molar-refractivity contribution in [3.63, 3.8) is 0 Å². The number of halogens is 3. The topological polar surface area (TPSA) is 12.0 Å². The monoisotopic (exact) mass is 299 g/mol. The largest absolute Gasteiger partial charge is 0.416 e. The van der Waals surface area contributed by atoms with Crippen molar-refractivity contribution in [2.45, 2.75) is 58.3 Å². The molecule has 0 amide bonds. The van der Waals surface area contributed by atoms with Gasteiger partial charge in [0.15, 0.2) is 0 Å². The van der Waals surface area contributed by atoms with Gasteiger partial charge in [-0.1, -0.05) is 32.4 Å². The fourth-order valence-electron chi connectivity index (χ4n) is 3.38. The van der Waals surface area contributed by atoms with Crippen LogP contribution in [0.3, 0.4) is 0 Å². The van der Waals surface area contributed by atoms with Gasteiger partial charge in [-0.25, -0.2) is 0 Å². The maximum atomic E-state index is 12.8. The molecular weight excluding hydrogens is 275 g/mol. The molecule has 118 valence electrons. The van der Waals surface area contributed by atoms with Gasteiger partial charge in [0.1, 0.15) is 0 Å². The molecule has 1 aromatic carbocycles. The lowest BCUT2D eigenvalue weighted by atomic mass is 9.78. The lowest BCUT2D eigenvalue weighted by Gasteiger charge is -2.37. The molecule has 0 bridgehead atoms. The van der Waals surface area contributed by atoms with Crippen molar-refractivity contribution < 1.29 is 13.2 Å². The molecule has 1 aromatic rings. The number of benzene rings is 1. The third-order valence-corrected chi connectivity index (χ3v) is 4.70. The predicted molar refractivity (Wildman–Crippen MR) is 79.0 cm³/mol. The molecule has 1 saturated carbocycles. The number of hydrogen-bond acceptors (Lipinski definition) is 1. The Morgan fingerprint density at radius 1 is 1.14 bits per heavy atom. The normalized spacial score (nSPS) is 28.4. The molecule has 3 unspecified atom stereocenters. The molecule has 0 radical (unpaired) electrons. The highest BCUT2D eigenvalue weighted by molar-refractivity contribution is 5.27. The fourth-order valence-corrected chi connectivity index (χ4v) is 3.38. The van der Waals surface area contributed by atoms with Crippen LogP contribution in [0.2, 0.25) is 0 Å². The molecular formula is C17H24F3N. The molecule has 1 aliphatic carbocycles. The Kier molecular flexibility index (Phi) is 4.97. The number of rotatable bonds is 3. The van der Waals surface area contributed by atoms with Gasteiger partial charge in [-0.3, -0.25) is 0 Å². The van der Waals surface area contributed by atoms with Crippen LogP contribution in [0.5, 0.6) is 0 Å². The second-order valence-electron chi connectivity index (χ2n) is 6.42. The van der Waals surface area contributed by atoms with Gasteiger partial charge >= 0.3 is 6.18 Å². The Hall–Kier alpha value is -1.03.